The summed E-state index contributed by atoms with van der Waals surface area (Å²) in [6.45, 7) is 1.31. The molecule has 0 aliphatic carbocycles. The van der Waals surface area contributed by atoms with E-state index in [1.807, 2.05) is 0 Å². The third-order valence-corrected chi connectivity index (χ3v) is 2.68. The predicted octanol–water partition coefficient (Wildman–Crippen LogP) is 2.83. The highest BCUT2D eigenvalue weighted by molar-refractivity contribution is 5.65. The summed E-state index contributed by atoms with van der Waals surface area (Å²) in [6, 6.07) is 4.64. The second kappa shape index (κ2) is 4.60. The lowest BCUT2D eigenvalue weighted by molar-refractivity contribution is -0.384. The van der Waals surface area contributed by atoms with Gasteiger partial charge in [-0.2, -0.15) is 0 Å². The highest BCUT2D eigenvalue weighted by Gasteiger charge is 2.15. The minimum atomic E-state index is -0.714. The van der Waals surface area contributed by atoms with Crippen molar-refractivity contribution < 1.29 is 13.7 Å². The smallest absolute Gasteiger partial charge is 0.311 e. The molecule has 0 radical (unpaired) electrons. The average Bonchev–Trinajstić information content (AvgIpc) is 2.34. The molecule has 1 aromatic heterocycles. The Morgan fingerprint density at radius 3 is 2.32 bits per heavy atom. The molecular weight excluding hydrogens is 256 g/mol. The summed E-state index contributed by atoms with van der Waals surface area (Å²) in [6.07, 6.45) is 0. The fraction of sp³-hybridized carbons (Fsp3) is 0.0833. The minimum Gasteiger partial charge on any atom is -0.378 e. The molecule has 0 aliphatic rings. The van der Waals surface area contributed by atoms with Crippen molar-refractivity contribution in [1.82, 2.24) is 4.98 Å². The average molecular weight is 265 g/mol. The highest BCUT2D eigenvalue weighted by Crippen LogP contribution is 2.26. The zero-order valence-electron chi connectivity index (χ0n) is 9.85. The topological polar surface area (TPSA) is 82.0 Å². The summed E-state index contributed by atoms with van der Waals surface area (Å²) >= 11 is 0. The summed E-state index contributed by atoms with van der Waals surface area (Å²) in [5, 5.41) is 10.6. The zero-order chi connectivity index (χ0) is 14.2. The lowest BCUT2D eigenvalue weighted by Gasteiger charge is -2.05. The van der Waals surface area contributed by atoms with Gasteiger partial charge in [-0.15, -0.1) is 0 Å². The number of nitro groups is 1. The van der Waals surface area contributed by atoms with Gasteiger partial charge < -0.3 is 5.73 Å². The molecule has 98 valence electrons. The molecule has 1 aromatic carbocycles. The van der Waals surface area contributed by atoms with E-state index in [9.17, 15) is 18.9 Å². The summed E-state index contributed by atoms with van der Waals surface area (Å²) in [5.41, 5.74) is 5.31. The maximum absolute atomic E-state index is 13.4. The van der Waals surface area contributed by atoms with Gasteiger partial charge in [0.1, 0.15) is 11.6 Å². The molecule has 0 unspecified atom stereocenters. The van der Waals surface area contributed by atoms with Crippen molar-refractivity contribution in [3.63, 3.8) is 0 Å². The molecule has 2 aromatic rings. The summed E-state index contributed by atoms with van der Waals surface area (Å²) in [5.74, 6) is -1.73. The van der Waals surface area contributed by atoms with Gasteiger partial charge in [0.05, 0.1) is 10.6 Å². The van der Waals surface area contributed by atoms with Crippen LogP contribution in [0.15, 0.2) is 24.3 Å². The Hall–Kier alpha value is -2.57. The number of aromatic nitrogens is 1. The van der Waals surface area contributed by atoms with Crippen LogP contribution in [0.4, 0.5) is 20.3 Å². The summed E-state index contributed by atoms with van der Waals surface area (Å²) in [4.78, 5) is 13.7. The Bertz CT molecular complexity index is 651. The van der Waals surface area contributed by atoms with E-state index in [0.29, 0.717) is 0 Å². The van der Waals surface area contributed by atoms with E-state index in [2.05, 4.69) is 4.98 Å². The van der Waals surface area contributed by atoms with Crippen LogP contribution in [0.3, 0.4) is 0 Å². The Morgan fingerprint density at radius 1 is 1.26 bits per heavy atom. The quantitative estimate of drug-likeness (QED) is 0.668. The lowest BCUT2D eigenvalue weighted by atomic mass is 10.1. The molecule has 0 amide bonds. The lowest BCUT2D eigenvalue weighted by Crippen LogP contribution is -2.00. The fourth-order valence-electron chi connectivity index (χ4n) is 1.58. The Morgan fingerprint density at radius 2 is 1.84 bits per heavy atom. The molecule has 0 saturated carbocycles. The molecule has 0 atom stereocenters. The zero-order valence-corrected chi connectivity index (χ0v) is 9.85. The first-order valence-corrected chi connectivity index (χ1v) is 5.27. The maximum atomic E-state index is 13.4. The Labute approximate surface area is 106 Å². The van der Waals surface area contributed by atoms with E-state index >= 15 is 0 Å². The van der Waals surface area contributed by atoms with E-state index in [-0.39, 0.29) is 28.3 Å². The molecule has 7 heteroatoms. The predicted molar refractivity (Wildman–Crippen MR) is 65.4 cm³/mol. The molecule has 19 heavy (non-hydrogen) atoms. The Balaban J connectivity index is 2.54. The van der Waals surface area contributed by atoms with Crippen molar-refractivity contribution in [3.8, 4) is 11.3 Å². The molecule has 0 fully saturated rings. The largest absolute Gasteiger partial charge is 0.378 e. The van der Waals surface area contributed by atoms with Gasteiger partial charge in [0, 0.05) is 17.2 Å². The number of hydrogen-bond acceptors (Lipinski definition) is 4. The minimum absolute atomic E-state index is 0.0985. The van der Waals surface area contributed by atoms with Crippen molar-refractivity contribution in [2.45, 2.75) is 6.92 Å². The third kappa shape index (κ3) is 2.35. The van der Waals surface area contributed by atoms with Gasteiger partial charge >= 0.3 is 5.69 Å². The first-order valence-electron chi connectivity index (χ1n) is 5.27. The number of pyridine rings is 1. The van der Waals surface area contributed by atoms with Gasteiger partial charge in [-0.05, 0) is 25.1 Å². The van der Waals surface area contributed by atoms with Crippen molar-refractivity contribution in [2.24, 2.45) is 0 Å². The molecule has 2 rings (SSSR count). The second-order valence-corrected chi connectivity index (χ2v) is 3.92. The first-order chi connectivity index (χ1) is 8.90. The number of anilines is 1. The normalized spacial score (nSPS) is 10.5. The van der Waals surface area contributed by atoms with Crippen LogP contribution in [-0.4, -0.2) is 9.91 Å². The highest BCUT2D eigenvalue weighted by atomic mass is 19.1. The van der Waals surface area contributed by atoms with Crippen molar-refractivity contribution >= 4 is 11.5 Å². The van der Waals surface area contributed by atoms with E-state index in [1.165, 1.54) is 13.0 Å². The van der Waals surface area contributed by atoms with Crippen molar-refractivity contribution in [1.29, 1.82) is 0 Å². The van der Waals surface area contributed by atoms with Gasteiger partial charge in [-0.1, -0.05) is 0 Å². The van der Waals surface area contributed by atoms with Crippen LogP contribution in [0.1, 0.15) is 5.56 Å². The maximum Gasteiger partial charge on any atom is 0.311 e. The third-order valence-electron chi connectivity index (χ3n) is 2.68. The van der Waals surface area contributed by atoms with Crippen molar-refractivity contribution in [3.05, 3.63) is 51.6 Å². The van der Waals surface area contributed by atoms with E-state index in [4.69, 9.17) is 5.73 Å². The van der Waals surface area contributed by atoms with E-state index < -0.39 is 16.6 Å². The van der Waals surface area contributed by atoms with Gasteiger partial charge in [0.25, 0.3) is 0 Å². The molecule has 0 saturated heterocycles. The molecule has 0 bridgehead atoms. The molecule has 5 nitrogen and oxygen atoms in total. The molecule has 2 N–H and O–H groups in total. The number of nitrogens with zero attached hydrogens (tertiary/aromatic N) is 2. The van der Waals surface area contributed by atoms with Crippen LogP contribution in [0.2, 0.25) is 0 Å². The van der Waals surface area contributed by atoms with Gasteiger partial charge in [0.15, 0.2) is 0 Å². The molecule has 1 heterocycles. The number of halogens is 2. The summed E-state index contributed by atoms with van der Waals surface area (Å²) < 4.78 is 26.9. The van der Waals surface area contributed by atoms with Gasteiger partial charge in [-0.25, -0.2) is 13.8 Å². The Kier molecular flexibility index (Phi) is 3.12. The second-order valence-electron chi connectivity index (χ2n) is 3.92. The standard InChI is InChI=1S/C12H9F2N3O2/c1-6-8(13)4-7(5-9(6)14)10-2-3-11(17(18)19)12(15)16-10/h2-5H,1H3,(H2,15,16). The number of hydrogen-bond donors (Lipinski definition) is 1. The van der Waals surface area contributed by atoms with Crippen LogP contribution >= 0.6 is 0 Å². The number of benzene rings is 1. The molecule has 0 spiro atoms. The first kappa shape index (κ1) is 12.9. The van der Waals surface area contributed by atoms with E-state index in [0.717, 1.165) is 18.2 Å². The summed E-state index contributed by atoms with van der Waals surface area (Å²) in [7, 11) is 0. The number of nitrogen functional groups attached to an aromatic ring is 1. The molecule has 0 aliphatic heterocycles. The molecular formula is C12H9F2N3O2. The van der Waals surface area contributed by atoms with Crippen LogP contribution in [0, 0.1) is 28.7 Å². The number of rotatable bonds is 2. The fourth-order valence-corrected chi connectivity index (χ4v) is 1.58. The monoisotopic (exact) mass is 265 g/mol. The van der Waals surface area contributed by atoms with Gasteiger partial charge in [0.2, 0.25) is 5.82 Å². The van der Waals surface area contributed by atoms with Gasteiger partial charge in [-0.3, -0.25) is 10.1 Å². The van der Waals surface area contributed by atoms with Crippen LogP contribution in [-0.2, 0) is 0 Å². The van der Waals surface area contributed by atoms with Crippen LogP contribution < -0.4 is 5.73 Å². The van der Waals surface area contributed by atoms with Crippen LogP contribution in [0.25, 0.3) is 11.3 Å². The number of nitrogens with two attached hydrogens (primary N) is 1. The van der Waals surface area contributed by atoms with E-state index in [1.54, 1.807) is 0 Å². The van der Waals surface area contributed by atoms with Crippen molar-refractivity contribution in [2.75, 3.05) is 5.73 Å². The SMILES string of the molecule is Cc1c(F)cc(-c2ccc([N+](=O)[O-])c(N)n2)cc1F. The van der Waals surface area contributed by atoms with Crippen LogP contribution in [0.5, 0.6) is 0 Å².